The standard InChI is InChI=1S/C15H13F2N3O.C12H16BrNO2.C2H2O/c16-13(17)14-18-11-9-5-1-2-6-10(9)21-12(11)15(19-14)20-7-3-4-8-20;1-8-7-16-4-3-12(8,2)10-5-9(13)6-14-11(10)15;1-2-3/h1-2,5-6,13H,3-4,7-8H2;5-6,8H,3-4,7H2,1-2H3,(H,14,15);1,3H/t;8-,12-;/m.0./s1. The Kier molecular flexibility index (Phi) is 9.43. The summed E-state index contributed by atoms with van der Waals surface area (Å²) < 4.78 is 38.4. The highest BCUT2D eigenvalue weighted by atomic mass is 79.9. The van der Waals surface area contributed by atoms with Crippen LogP contribution in [0, 0.1) is 18.4 Å². The number of terminal acetylenes is 1. The highest BCUT2D eigenvalue weighted by Crippen LogP contribution is 2.38. The van der Waals surface area contributed by atoms with Crippen LogP contribution >= 0.6 is 15.9 Å². The molecule has 0 saturated carbocycles. The number of pyridine rings is 1. The summed E-state index contributed by atoms with van der Waals surface area (Å²) in [6.07, 6.45) is 7.36. The van der Waals surface area contributed by atoms with E-state index >= 15 is 0 Å². The van der Waals surface area contributed by atoms with Gasteiger partial charge in [-0.2, -0.15) is 0 Å². The molecule has 6 rings (SSSR count). The highest BCUT2D eigenvalue weighted by Gasteiger charge is 2.38. The number of benzene rings is 1. The van der Waals surface area contributed by atoms with Gasteiger partial charge in [0.05, 0.1) is 0 Å². The quantitative estimate of drug-likeness (QED) is 0.260. The zero-order valence-electron chi connectivity index (χ0n) is 22.3. The lowest BCUT2D eigenvalue weighted by Gasteiger charge is -2.39. The maximum Gasteiger partial charge on any atom is 0.297 e. The third-order valence-electron chi connectivity index (χ3n) is 7.52. The molecular formula is C29H31BrF2N4O4. The van der Waals surface area contributed by atoms with Gasteiger partial charge in [-0.15, -0.1) is 0 Å². The van der Waals surface area contributed by atoms with E-state index in [0.29, 0.717) is 28.4 Å². The Hall–Kier alpha value is -3.49. The molecule has 0 radical (unpaired) electrons. The number of H-pyrrole nitrogens is 1. The predicted molar refractivity (Wildman–Crippen MR) is 153 cm³/mol. The number of aromatic amines is 1. The first kappa shape index (κ1) is 29.5. The van der Waals surface area contributed by atoms with Crippen LogP contribution in [-0.2, 0) is 10.2 Å². The summed E-state index contributed by atoms with van der Waals surface area (Å²) >= 11 is 3.41. The van der Waals surface area contributed by atoms with Gasteiger partial charge in [-0.1, -0.05) is 32.4 Å². The molecule has 2 saturated heterocycles. The topological polar surface area (TPSA) is 104 Å². The van der Waals surface area contributed by atoms with Crippen molar-refractivity contribution in [3.8, 4) is 12.5 Å². The fourth-order valence-electron chi connectivity index (χ4n) is 5.09. The van der Waals surface area contributed by atoms with Gasteiger partial charge < -0.3 is 24.1 Å². The molecular weight excluding hydrogens is 586 g/mol. The normalized spacial score (nSPS) is 20.5. The minimum atomic E-state index is -2.69. The Bertz CT molecular complexity index is 1560. The Balaban J connectivity index is 0.000000174. The predicted octanol–water partition coefficient (Wildman–Crippen LogP) is 6.31. The molecule has 2 N–H and O–H groups in total. The summed E-state index contributed by atoms with van der Waals surface area (Å²) in [5.41, 5.74) is 2.40. The zero-order valence-corrected chi connectivity index (χ0v) is 23.9. The van der Waals surface area contributed by atoms with Crippen molar-refractivity contribution in [3.63, 3.8) is 0 Å². The number of nitrogens with zero attached hydrogens (tertiary/aromatic N) is 3. The third-order valence-corrected chi connectivity index (χ3v) is 7.98. The van der Waals surface area contributed by atoms with E-state index in [0.717, 1.165) is 61.0 Å². The molecule has 212 valence electrons. The summed E-state index contributed by atoms with van der Waals surface area (Å²) in [5, 5.41) is 7.84. The zero-order chi connectivity index (χ0) is 28.9. The Morgan fingerprint density at radius 2 is 1.98 bits per heavy atom. The largest absolute Gasteiger partial charge is 0.462 e. The van der Waals surface area contributed by atoms with Crippen LogP contribution < -0.4 is 10.5 Å². The molecule has 5 heterocycles. The van der Waals surface area contributed by atoms with Crippen molar-refractivity contribution < 1.29 is 23.0 Å². The smallest absolute Gasteiger partial charge is 0.297 e. The van der Waals surface area contributed by atoms with Crippen LogP contribution in [0.15, 0.2) is 50.2 Å². The van der Waals surface area contributed by atoms with Gasteiger partial charge in [-0.3, -0.25) is 4.79 Å². The lowest BCUT2D eigenvalue weighted by atomic mass is 9.70. The number of furan rings is 1. The lowest BCUT2D eigenvalue weighted by Crippen LogP contribution is -2.42. The van der Waals surface area contributed by atoms with Gasteiger partial charge in [0.1, 0.15) is 17.2 Å². The summed E-state index contributed by atoms with van der Waals surface area (Å²) in [6, 6.07) is 9.27. The van der Waals surface area contributed by atoms with E-state index in [1.54, 1.807) is 6.20 Å². The van der Waals surface area contributed by atoms with Crippen LogP contribution in [0.4, 0.5) is 14.6 Å². The van der Waals surface area contributed by atoms with E-state index < -0.39 is 12.2 Å². The molecule has 2 aliphatic rings. The van der Waals surface area contributed by atoms with Gasteiger partial charge >= 0.3 is 0 Å². The first-order valence-corrected chi connectivity index (χ1v) is 13.8. The molecule has 2 atom stereocenters. The number of anilines is 1. The number of alkyl halides is 2. The number of ether oxygens (including phenoxy) is 1. The summed E-state index contributed by atoms with van der Waals surface area (Å²) in [4.78, 5) is 24.7. The van der Waals surface area contributed by atoms with Crippen LogP contribution in [0.3, 0.4) is 0 Å². The second-order valence-electron chi connectivity index (χ2n) is 10.0. The third kappa shape index (κ3) is 6.13. The van der Waals surface area contributed by atoms with Gasteiger partial charge in [0.2, 0.25) is 0 Å². The van der Waals surface area contributed by atoms with Gasteiger partial charge in [-0.05, 0) is 59.3 Å². The van der Waals surface area contributed by atoms with Crippen LogP contribution in [0.5, 0.6) is 0 Å². The second kappa shape index (κ2) is 12.8. The van der Waals surface area contributed by atoms with Crippen molar-refractivity contribution >= 4 is 43.8 Å². The number of hydrogen-bond acceptors (Lipinski definition) is 7. The number of aliphatic hydroxyl groups excluding tert-OH is 1. The second-order valence-corrected chi connectivity index (χ2v) is 10.9. The fourth-order valence-corrected chi connectivity index (χ4v) is 5.43. The van der Waals surface area contributed by atoms with E-state index in [1.807, 2.05) is 35.2 Å². The molecule has 11 heteroatoms. The Labute approximate surface area is 238 Å². The number of hydrogen-bond donors (Lipinski definition) is 2. The molecule has 2 aliphatic heterocycles. The van der Waals surface area contributed by atoms with Crippen LogP contribution in [0.25, 0.3) is 22.1 Å². The van der Waals surface area contributed by atoms with Gasteiger partial charge in [0, 0.05) is 53.3 Å². The number of halogens is 3. The Morgan fingerprint density at radius 1 is 1.27 bits per heavy atom. The molecule has 3 aromatic heterocycles. The number of aliphatic hydroxyl groups is 1. The SMILES string of the molecule is C#CO.C[C@H]1COCC[C@]1(C)c1cc(Br)c[nH]c1=O.FC(F)c1nc(N2CCCC2)c2oc3ccccc3c2n1. The first-order valence-electron chi connectivity index (χ1n) is 13.0. The van der Waals surface area contributed by atoms with E-state index in [9.17, 15) is 13.6 Å². The lowest BCUT2D eigenvalue weighted by molar-refractivity contribution is 0.0120. The van der Waals surface area contributed by atoms with Crippen LogP contribution in [-0.4, -0.2) is 46.4 Å². The van der Waals surface area contributed by atoms with Gasteiger partial charge in [0.25, 0.3) is 12.0 Å². The molecule has 0 spiro atoms. The average molecular weight is 617 g/mol. The number of fused-ring (bicyclic) bond motifs is 3. The molecule has 2 fully saturated rings. The summed E-state index contributed by atoms with van der Waals surface area (Å²) in [5.74, 6) is 0.414. The molecule has 40 heavy (non-hydrogen) atoms. The van der Waals surface area contributed by atoms with Crippen molar-refractivity contribution in [1.82, 2.24) is 15.0 Å². The fraction of sp³-hybridized carbons (Fsp3) is 0.414. The van der Waals surface area contributed by atoms with Crippen molar-refractivity contribution in [3.05, 3.63) is 62.7 Å². The van der Waals surface area contributed by atoms with Crippen LogP contribution in [0.2, 0.25) is 0 Å². The van der Waals surface area contributed by atoms with Crippen LogP contribution in [0.1, 0.15) is 50.9 Å². The summed E-state index contributed by atoms with van der Waals surface area (Å²) in [7, 11) is 0. The average Bonchev–Trinajstić information content (AvgIpc) is 3.60. The van der Waals surface area contributed by atoms with E-state index in [1.165, 1.54) is 6.11 Å². The molecule has 0 bridgehead atoms. The molecule has 0 aliphatic carbocycles. The van der Waals surface area contributed by atoms with E-state index in [2.05, 4.69) is 51.2 Å². The number of para-hydroxylation sites is 1. The number of rotatable bonds is 3. The molecule has 0 unspecified atom stereocenters. The maximum absolute atomic E-state index is 13.1. The van der Waals surface area contributed by atoms with Crippen molar-refractivity contribution in [2.24, 2.45) is 5.92 Å². The number of nitrogens with one attached hydrogen (secondary N) is 1. The molecule has 8 nitrogen and oxygen atoms in total. The van der Waals surface area contributed by atoms with Crippen molar-refractivity contribution in [1.29, 1.82) is 0 Å². The number of aromatic nitrogens is 3. The molecule has 4 aromatic rings. The van der Waals surface area contributed by atoms with Crippen molar-refractivity contribution in [2.75, 3.05) is 31.2 Å². The Morgan fingerprint density at radius 3 is 2.65 bits per heavy atom. The maximum atomic E-state index is 13.1. The van der Waals surface area contributed by atoms with E-state index in [-0.39, 0.29) is 11.0 Å². The molecule has 1 aromatic carbocycles. The van der Waals surface area contributed by atoms with E-state index in [4.69, 9.17) is 14.3 Å². The first-order chi connectivity index (χ1) is 19.2. The molecule has 0 amide bonds. The highest BCUT2D eigenvalue weighted by molar-refractivity contribution is 9.10. The monoisotopic (exact) mass is 616 g/mol. The van der Waals surface area contributed by atoms with Crippen molar-refractivity contribution in [2.45, 2.75) is 45.0 Å². The minimum absolute atomic E-state index is 0.0134. The summed E-state index contributed by atoms with van der Waals surface area (Å²) in [6.45, 7) is 7.36. The minimum Gasteiger partial charge on any atom is -0.462 e. The van der Waals surface area contributed by atoms with Gasteiger partial charge in [0.15, 0.2) is 17.2 Å². The van der Waals surface area contributed by atoms with Gasteiger partial charge in [-0.25, -0.2) is 18.7 Å².